The molecule has 0 aliphatic heterocycles. The van der Waals surface area contributed by atoms with Gasteiger partial charge in [-0.3, -0.25) is 4.68 Å². The molecule has 0 unspecified atom stereocenters. The second-order valence-electron chi connectivity index (χ2n) is 4.42. The molecule has 0 radical (unpaired) electrons. The minimum absolute atomic E-state index is 0.259. The highest BCUT2D eigenvalue weighted by molar-refractivity contribution is 7.99. The smallest absolute Gasteiger partial charge is 0.338 e. The van der Waals surface area contributed by atoms with Crippen LogP contribution in [0.25, 0.3) is 0 Å². The van der Waals surface area contributed by atoms with Crippen LogP contribution in [0.3, 0.4) is 0 Å². The summed E-state index contributed by atoms with van der Waals surface area (Å²) in [6.07, 6.45) is 0. The van der Waals surface area contributed by atoms with Crippen LogP contribution in [0, 0.1) is 20.8 Å². The minimum atomic E-state index is -0.952. The lowest BCUT2D eigenvalue weighted by Gasteiger charge is -2.09. The summed E-state index contributed by atoms with van der Waals surface area (Å²) in [7, 11) is 1.83. The monoisotopic (exact) mass is 277 g/mol. The summed E-state index contributed by atoms with van der Waals surface area (Å²) in [5.41, 5.74) is 2.69. The van der Waals surface area contributed by atoms with Gasteiger partial charge in [0, 0.05) is 12.7 Å². The van der Waals surface area contributed by atoms with Gasteiger partial charge in [-0.2, -0.15) is 5.10 Å². The highest BCUT2D eigenvalue weighted by Gasteiger charge is 2.18. The minimum Gasteiger partial charge on any atom is -0.478 e. The summed E-state index contributed by atoms with van der Waals surface area (Å²) < 4.78 is 1.73. The summed E-state index contributed by atoms with van der Waals surface area (Å²) in [6, 6.07) is 3.69. The molecule has 2 aromatic rings. The van der Waals surface area contributed by atoms with Crippen molar-refractivity contribution in [2.75, 3.05) is 0 Å². The molecule has 0 bridgehead atoms. The molecule has 2 heterocycles. The third-order valence-electron chi connectivity index (χ3n) is 2.69. The van der Waals surface area contributed by atoms with Crippen LogP contribution in [0.5, 0.6) is 0 Å². The standard InChI is InChI=1S/C13H15N3O2S/c1-7-5-8(2)14-12(11(7)13(17)18)19-10-6-9(3)15-16(10)4/h5-6H,1-4H3,(H,17,18). The van der Waals surface area contributed by atoms with Gasteiger partial charge in [-0.15, -0.1) is 0 Å². The van der Waals surface area contributed by atoms with E-state index in [1.807, 2.05) is 27.0 Å². The molecule has 0 aromatic carbocycles. The van der Waals surface area contributed by atoms with Crippen LogP contribution in [-0.4, -0.2) is 25.8 Å². The van der Waals surface area contributed by atoms with Crippen LogP contribution in [0.15, 0.2) is 22.2 Å². The van der Waals surface area contributed by atoms with Crippen molar-refractivity contribution in [2.24, 2.45) is 7.05 Å². The Morgan fingerprint density at radius 1 is 1.26 bits per heavy atom. The van der Waals surface area contributed by atoms with Gasteiger partial charge in [-0.1, -0.05) is 0 Å². The van der Waals surface area contributed by atoms with Crippen LogP contribution in [0.4, 0.5) is 0 Å². The van der Waals surface area contributed by atoms with E-state index < -0.39 is 5.97 Å². The fourth-order valence-corrected chi connectivity index (χ4v) is 3.06. The van der Waals surface area contributed by atoms with Crippen LogP contribution in [-0.2, 0) is 7.05 Å². The van der Waals surface area contributed by atoms with E-state index in [4.69, 9.17) is 0 Å². The number of carbonyl (C=O) groups is 1. The average Bonchev–Trinajstić information content (AvgIpc) is 2.55. The number of aryl methyl sites for hydroxylation is 4. The fourth-order valence-electron chi connectivity index (χ4n) is 1.92. The van der Waals surface area contributed by atoms with Gasteiger partial charge in [0.2, 0.25) is 0 Å². The molecule has 0 saturated carbocycles. The average molecular weight is 277 g/mol. The molecule has 2 aromatic heterocycles. The van der Waals surface area contributed by atoms with Crippen molar-refractivity contribution in [3.63, 3.8) is 0 Å². The van der Waals surface area contributed by atoms with E-state index in [0.29, 0.717) is 5.03 Å². The van der Waals surface area contributed by atoms with Gasteiger partial charge in [-0.25, -0.2) is 9.78 Å². The van der Waals surface area contributed by atoms with Crippen LogP contribution < -0.4 is 0 Å². The first-order valence-electron chi connectivity index (χ1n) is 5.78. The molecular weight excluding hydrogens is 262 g/mol. The van der Waals surface area contributed by atoms with Gasteiger partial charge >= 0.3 is 5.97 Å². The van der Waals surface area contributed by atoms with Crippen molar-refractivity contribution in [2.45, 2.75) is 30.8 Å². The summed E-state index contributed by atoms with van der Waals surface area (Å²) >= 11 is 1.33. The third-order valence-corrected chi connectivity index (χ3v) is 3.77. The molecule has 0 spiro atoms. The Kier molecular flexibility index (Phi) is 3.61. The van der Waals surface area contributed by atoms with Crippen molar-refractivity contribution in [3.8, 4) is 0 Å². The Hall–Kier alpha value is -1.82. The van der Waals surface area contributed by atoms with Gasteiger partial charge in [0.1, 0.15) is 10.1 Å². The van der Waals surface area contributed by atoms with Crippen LogP contribution in [0.1, 0.15) is 27.3 Å². The molecular formula is C13H15N3O2S. The van der Waals surface area contributed by atoms with E-state index in [9.17, 15) is 9.90 Å². The molecule has 0 amide bonds. The van der Waals surface area contributed by atoms with Gasteiger partial charge in [0.05, 0.1) is 11.3 Å². The number of carboxylic acids is 1. The maximum atomic E-state index is 11.4. The zero-order chi connectivity index (χ0) is 14.2. The zero-order valence-electron chi connectivity index (χ0n) is 11.3. The SMILES string of the molecule is Cc1cc(C)c(C(=O)O)c(Sc2cc(C)nn2C)n1. The molecule has 5 nitrogen and oxygen atoms in total. The fraction of sp³-hybridized carbons (Fsp3) is 0.308. The number of hydrogen-bond donors (Lipinski definition) is 1. The molecule has 100 valence electrons. The predicted molar refractivity (Wildman–Crippen MR) is 72.7 cm³/mol. The van der Waals surface area contributed by atoms with E-state index >= 15 is 0 Å². The zero-order valence-corrected chi connectivity index (χ0v) is 12.1. The second-order valence-corrected chi connectivity index (χ2v) is 5.42. The van der Waals surface area contributed by atoms with E-state index in [0.717, 1.165) is 22.0 Å². The maximum absolute atomic E-state index is 11.4. The Morgan fingerprint density at radius 2 is 1.95 bits per heavy atom. The number of rotatable bonds is 3. The molecule has 0 fully saturated rings. The Bertz CT molecular complexity index is 650. The first kappa shape index (κ1) is 13.6. The van der Waals surface area contributed by atoms with Crippen molar-refractivity contribution < 1.29 is 9.90 Å². The third kappa shape index (κ3) is 2.78. The first-order valence-corrected chi connectivity index (χ1v) is 6.60. The Labute approximate surface area is 115 Å². The normalized spacial score (nSPS) is 10.7. The molecule has 0 saturated heterocycles. The number of pyridine rings is 1. The summed E-state index contributed by atoms with van der Waals surface area (Å²) in [5.74, 6) is -0.952. The predicted octanol–water partition coefficient (Wildman–Crippen LogP) is 2.59. The molecule has 19 heavy (non-hydrogen) atoms. The summed E-state index contributed by atoms with van der Waals surface area (Å²) in [4.78, 5) is 15.7. The summed E-state index contributed by atoms with van der Waals surface area (Å²) in [6.45, 7) is 5.55. The van der Waals surface area contributed by atoms with E-state index in [1.54, 1.807) is 17.7 Å². The van der Waals surface area contributed by atoms with Gasteiger partial charge in [0.25, 0.3) is 0 Å². The topological polar surface area (TPSA) is 68.0 Å². The van der Waals surface area contributed by atoms with Gasteiger partial charge in [0.15, 0.2) is 0 Å². The Morgan fingerprint density at radius 3 is 2.47 bits per heavy atom. The maximum Gasteiger partial charge on any atom is 0.338 e. The molecule has 1 N–H and O–H groups in total. The van der Waals surface area contributed by atoms with Crippen LogP contribution >= 0.6 is 11.8 Å². The number of hydrogen-bond acceptors (Lipinski definition) is 4. The molecule has 2 rings (SSSR count). The van der Waals surface area contributed by atoms with E-state index in [1.165, 1.54) is 11.8 Å². The highest BCUT2D eigenvalue weighted by atomic mass is 32.2. The molecule has 0 aliphatic carbocycles. The van der Waals surface area contributed by atoms with E-state index in [2.05, 4.69) is 10.1 Å². The highest BCUT2D eigenvalue weighted by Crippen LogP contribution is 2.31. The lowest BCUT2D eigenvalue weighted by molar-refractivity contribution is 0.0691. The van der Waals surface area contributed by atoms with Gasteiger partial charge < -0.3 is 5.11 Å². The number of nitrogens with zero attached hydrogens (tertiary/aromatic N) is 3. The van der Waals surface area contributed by atoms with Gasteiger partial charge in [-0.05, 0) is 50.2 Å². The van der Waals surface area contributed by atoms with Crippen LogP contribution in [0.2, 0.25) is 0 Å². The van der Waals surface area contributed by atoms with Crippen molar-refractivity contribution >= 4 is 17.7 Å². The Balaban J connectivity index is 2.50. The quantitative estimate of drug-likeness (QED) is 0.934. The lowest BCUT2D eigenvalue weighted by Crippen LogP contribution is -2.05. The first-order chi connectivity index (χ1) is 8.88. The molecule has 6 heteroatoms. The number of aromatic carboxylic acids is 1. The summed E-state index contributed by atoms with van der Waals surface area (Å²) in [5, 5.41) is 14.9. The van der Waals surface area contributed by atoms with E-state index in [-0.39, 0.29) is 5.56 Å². The lowest BCUT2D eigenvalue weighted by atomic mass is 10.1. The number of carboxylic acid groups (broad SMARTS) is 1. The molecule has 0 aliphatic rings. The van der Waals surface area contributed by atoms with Crippen molar-refractivity contribution in [3.05, 3.63) is 34.6 Å². The number of aromatic nitrogens is 3. The van der Waals surface area contributed by atoms with Crippen molar-refractivity contribution in [1.29, 1.82) is 0 Å². The second kappa shape index (κ2) is 5.05. The van der Waals surface area contributed by atoms with Crippen molar-refractivity contribution in [1.82, 2.24) is 14.8 Å². The largest absolute Gasteiger partial charge is 0.478 e. The molecule has 0 atom stereocenters.